The lowest BCUT2D eigenvalue weighted by Crippen LogP contribution is -2.65. The SMILES string of the molecule is CC12CCC(OC3OC(CO)C(OC4OC(CO)C(O)C(O)C4O)C(O)C3O)CC1CCC1C2CCC2(C)C(c3ccc(=O)oc3)C(O)CC12O. The molecule has 6 aliphatic rings. The van der Waals surface area contributed by atoms with Gasteiger partial charge < -0.3 is 69.3 Å². The lowest BCUT2D eigenvalue weighted by molar-refractivity contribution is -0.364. The van der Waals surface area contributed by atoms with E-state index in [0.29, 0.717) is 19.3 Å². The maximum Gasteiger partial charge on any atom is 0.335 e. The van der Waals surface area contributed by atoms with Crippen LogP contribution in [0.5, 0.6) is 0 Å². The summed E-state index contributed by atoms with van der Waals surface area (Å²) in [4.78, 5) is 11.7. The highest BCUT2D eigenvalue weighted by atomic mass is 16.7. The molecule has 15 heteroatoms. The fourth-order valence-electron chi connectivity index (χ4n) is 11.3. The summed E-state index contributed by atoms with van der Waals surface area (Å²) >= 11 is 0. The molecule has 288 valence electrons. The van der Waals surface area contributed by atoms with Crippen molar-refractivity contribution in [2.45, 2.75) is 150 Å². The molecule has 19 unspecified atom stereocenters. The summed E-state index contributed by atoms with van der Waals surface area (Å²) < 4.78 is 28.4. The zero-order valence-electron chi connectivity index (χ0n) is 29.0. The Bertz CT molecular complexity index is 1420. The molecule has 7 rings (SSSR count). The van der Waals surface area contributed by atoms with Crippen molar-refractivity contribution in [2.75, 3.05) is 13.2 Å². The average molecular weight is 727 g/mol. The summed E-state index contributed by atoms with van der Waals surface area (Å²) in [7, 11) is 0. The predicted molar refractivity (Wildman–Crippen MR) is 174 cm³/mol. The van der Waals surface area contributed by atoms with Crippen molar-refractivity contribution < 1.29 is 69.3 Å². The van der Waals surface area contributed by atoms with Gasteiger partial charge in [-0.1, -0.05) is 13.8 Å². The number of ether oxygens (including phenoxy) is 4. The van der Waals surface area contributed by atoms with Crippen LogP contribution in [0.2, 0.25) is 0 Å². The van der Waals surface area contributed by atoms with Gasteiger partial charge in [0.1, 0.15) is 48.8 Å². The molecule has 1 aromatic heterocycles. The van der Waals surface area contributed by atoms with Crippen LogP contribution in [0, 0.1) is 28.6 Å². The molecule has 0 amide bonds. The van der Waals surface area contributed by atoms with Crippen molar-refractivity contribution in [1.29, 1.82) is 0 Å². The molecule has 4 saturated carbocycles. The fraction of sp³-hybridized carbons (Fsp3) is 0.861. The normalized spacial score (nSPS) is 52.8. The van der Waals surface area contributed by atoms with Gasteiger partial charge in [0.15, 0.2) is 12.6 Å². The number of rotatable bonds is 7. The van der Waals surface area contributed by atoms with Gasteiger partial charge in [0.05, 0.1) is 37.3 Å². The van der Waals surface area contributed by atoms with Crippen molar-refractivity contribution in [3.05, 3.63) is 34.4 Å². The van der Waals surface area contributed by atoms with Crippen LogP contribution in [0.3, 0.4) is 0 Å². The molecule has 0 spiro atoms. The number of aliphatic hydroxyl groups excluding tert-OH is 8. The molecular formula is C36H54O15. The highest BCUT2D eigenvalue weighted by Gasteiger charge is 2.70. The highest BCUT2D eigenvalue weighted by Crippen LogP contribution is 2.70. The first kappa shape index (κ1) is 37.7. The predicted octanol–water partition coefficient (Wildman–Crippen LogP) is -1.14. The molecule has 4 aliphatic carbocycles. The topological polar surface area (TPSA) is 249 Å². The van der Waals surface area contributed by atoms with Crippen LogP contribution in [0.15, 0.2) is 27.6 Å². The van der Waals surface area contributed by atoms with Crippen LogP contribution in [0.1, 0.15) is 76.7 Å². The van der Waals surface area contributed by atoms with Crippen LogP contribution in [-0.2, 0) is 18.9 Å². The first-order valence-corrected chi connectivity index (χ1v) is 18.4. The van der Waals surface area contributed by atoms with E-state index in [1.54, 1.807) is 6.07 Å². The monoisotopic (exact) mass is 726 g/mol. The van der Waals surface area contributed by atoms with E-state index in [0.717, 1.165) is 31.2 Å². The first-order chi connectivity index (χ1) is 24.2. The van der Waals surface area contributed by atoms with Gasteiger partial charge in [0, 0.05) is 23.8 Å². The van der Waals surface area contributed by atoms with Crippen molar-refractivity contribution >= 4 is 0 Å². The average Bonchev–Trinajstić information content (AvgIpc) is 3.32. The van der Waals surface area contributed by atoms with E-state index < -0.39 is 97.4 Å². The summed E-state index contributed by atoms with van der Waals surface area (Å²) in [6.45, 7) is 3.04. The number of fused-ring (bicyclic) bond motifs is 5. The van der Waals surface area contributed by atoms with Gasteiger partial charge in [-0.05, 0) is 79.7 Å². The Labute approximate surface area is 295 Å². The third kappa shape index (κ3) is 6.04. The Morgan fingerprint density at radius 2 is 1.47 bits per heavy atom. The number of hydrogen-bond donors (Lipinski definition) is 9. The zero-order valence-corrected chi connectivity index (χ0v) is 29.0. The largest absolute Gasteiger partial charge is 0.431 e. The Balaban J connectivity index is 1.01. The molecule has 0 bridgehead atoms. The number of aliphatic hydroxyl groups is 9. The Morgan fingerprint density at radius 3 is 2.16 bits per heavy atom. The molecule has 3 heterocycles. The molecule has 19 atom stereocenters. The van der Waals surface area contributed by atoms with E-state index in [-0.39, 0.29) is 41.6 Å². The maximum absolute atomic E-state index is 12.6. The van der Waals surface area contributed by atoms with Crippen molar-refractivity contribution in [2.24, 2.45) is 28.6 Å². The third-order valence-corrected chi connectivity index (χ3v) is 14.2. The van der Waals surface area contributed by atoms with Crippen LogP contribution in [0.25, 0.3) is 0 Å². The lowest BCUT2D eigenvalue weighted by atomic mass is 9.43. The molecule has 2 aliphatic heterocycles. The minimum Gasteiger partial charge on any atom is -0.431 e. The first-order valence-electron chi connectivity index (χ1n) is 18.4. The molecule has 9 N–H and O–H groups in total. The van der Waals surface area contributed by atoms with Gasteiger partial charge in [-0.3, -0.25) is 0 Å². The standard InChI is InChI=1S/C36H54O15/c1-34-9-7-18(48-32-30(45)28(43)31(23(14-38)50-32)51-33-29(44)27(42)26(41)22(13-37)49-33)11-17(34)4-5-20-19(34)8-10-35(2)25(21(39)12-36(20,35)46)16-3-6-24(40)47-15-16/h3,6,15,17-23,25-33,37-39,41-46H,4-5,7-14H2,1-2H3. The van der Waals surface area contributed by atoms with Crippen LogP contribution in [-0.4, -0.2) is 138 Å². The number of hydrogen-bond acceptors (Lipinski definition) is 15. The van der Waals surface area contributed by atoms with Gasteiger partial charge in [-0.2, -0.15) is 0 Å². The minimum atomic E-state index is -1.75. The Kier molecular flexibility index (Phi) is 10.3. The Hall–Kier alpha value is -1.57. The molecule has 0 aromatic carbocycles. The fourth-order valence-corrected chi connectivity index (χ4v) is 11.3. The van der Waals surface area contributed by atoms with E-state index in [9.17, 15) is 50.8 Å². The second-order valence-corrected chi connectivity index (χ2v) is 16.5. The van der Waals surface area contributed by atoms with Gasteiger partial charge in [-0.25, -0.2) is 4.79 Å². The van der Waals surface area contributed by atoms with Crippen LogP contribution < -0.4 is 5.63 Å². The smallest absolute Gasteiger partial charge is 0.335 e. The minimum absolute atomic E-state index is 0.0186. The van der Waals surface area contributed by atoms with Crippen molar-refractivity contribution in [3.63, 3.8) is 0 Å². The van der Waals surface area contributed by atoms with Gasteiger partial charge >= 0.3 is 5.63 Å². The van der Waals surface area contributed by atoms with Crippen LogP contribution >= 0.6 is 0 Å². The van der Waals surface area contributed by atoms with Gasteiger partial charge in [0.25, 0.3) is 0 Å². The highest BCUT2D eigenvalue weighted by molar-refractivity contribution is 5.29. The summed E-state index contributed by atoms with van der Waals surface area (Å²) in [5, 5.41) is 96.4. The molecule has 6 fully saturated rings. The van der Waals surface area contributed by atoms with E-state index in [2.05, 4.69) is 13.8 Å². The molecule has 1 aromatic rings. The lowest BCUT2D eigenvalue weighted by Gasteiger charge is -2.63. The summed E-state index contributed by atoms with van der Waals surface area (Å²) in [6, 6.07) is 3.06. The van der Waals surface area contributed by atoms with Gasteiger partial charge in [0.2, 0.25) is 0 Å². The van der Waals surface area contributed by atoms with Crippen LogP contribution in [0.4, 0.5) is 0 Å². The maximum atomic E-state index is 12.6. The molecule has 15 nitrogen and oxygen atoms in total. The van der Waals surface area contributed by atoms with E-state index in [4.69, 9.17) is 23.4 Å². The van der Waals surface area contributed by atoms with E-state index >= 15 is 0 Å². The van der Waals surface area contributed by atoms with Crippen molar-refractivity contribution in [1.82, 2.24) is 0 Å². The molecular weight excluding hydrogens is 672 g/mol. The van der Waals surface area contributed by atoms with Gasteiger partial charge in [-0.15, -0.1) is 0 Å². The zero-order chi connectivity index (χ0) is 36.6. The third-order valence-electron chi connectivity index (χ3n) is 14.2. The second kappa shape index (κ2) is 13.9. The van der Waals surface area contributed by atoms with E-state index in [1.165, 1.54) is 12.3 Å². The quantitative estimate of drug-likeness (QED) is 0.151. The Morgan fingerprint density at radius 1 is 0.784 bits per heavy atom. The molecule has 51 heavy (non-hydrogen) atoms. The molecule has 0 radical (unpaired) electrons. The van der Waals surface area contributed by atoms with Crippen molar-refractivity contribution in [3.8, 4) is 0 Å². The van der Waals surface area contributed by atoms with E-state index in [1.807, 2.05) is 0 Å². The molecule has 2 saturated heterocycles. The second-order valence-electron chi connectivity index (χ2n) is 16.5. The summed E-state index contributed by atoms with van der Waals surface area (Å²) in [5.74, 6) is 0.0875. The summed E-state index contributed by atoms with van der Waals surface area (Å²) in [6.07, 6.45) is -9.22. The summed E-state index contributed by atoms with van der Waals surface area (Å²) in [5.41, 5.74) is -1.53.